The number of aryl methyl sites for hydroxylation is 1. The monoisotopic (exact) mass is 416 g/mol. The summed E-state index contributed by atoms with van der Waals surface area (Å²) in [4.78, 5) is 12.7. The van der Waals surface area contributed by atoms with Gasteiger partial charge in [-0.05, 0) is 49.2 Å². The highest BCUT2D eigenvalue weighted by Gasteiger charge is 2.17. The lowest BCUT2D eigenvalue weighted by molar-refractivity contribution is 0.102. The van der Waals surface area contributed by atoms with E-state index in [1.54, 1.807) is 24.4 Å². The summed E-state index contributed by atoms with van der Waals surface area (Å²) >= 11 is 0. The van der Waals surface area contributed by atoms with Crippen molar-refractivity contribution in [1.29, 1.82) is 0 Å². The average Bonchev–Trinajstić information content (AvgIpc) is 3.36. The van der Waals surface area contributed by atoms with E-state index in [2.05, 4.69) is 25.2 Å². The number of anilines is 1. The number of amides is 1. The second kappa shape index (κ2) is 8.14. The van der Waals surface area contributed by atoms with Crippen LogP contribution >= 0.6 is 0 Å². The Morgan fingerprint density at radius 3 is 2.81 bits per heavy atom. The molecule has 1 aliphatic heterocycles. The van der Waals surface area contributed by atoms with Crippen LogP contribution in [-0.2, 0) is 13.0 Å². The number of carbonyl (C=O) groups is 1. The number of nitrogens with zero attached hydrogens (tertiary/aromatic N) is 5. The molecule has 0 radical (unpaired) electrons. The molecule has 1 aliphatic rings. The van der Waals surface area contributed by atoms with Crippen LogP contribution in [-0.4, -0.2) is 30.5 Å². The maximum atomic E-state index is 13.5. The molecule has 0 saturated carbocycles. The van der Waals surface area contributed by atoms with Gasteiger partial charge in [0.2, 0.25) is 0 Å². The Labute approximate surface area is 178 Å². The second-order valence-corrected chi connectivity index (χ2v) is 7.56. The molecule has 0 unspecified atom stereocenters. The van der Waals surface area contributed by atoms with Crippen LogP contribution in [0.5, 0.6) is 0 Å². The minimum atomic E-state index is -0.359. The zero-order valence-corrected chi connectivity index (χ0v) is 16.8. The topological polar surface area (TPSA) is 77.6 Å². The lowest BCUT2D eigenvalue weighted by atomic mass is 10.2. The first-order chi connectivity index (χ1) is 15.2. The van der Waals surface area contributed by atoms with Gasteiger partial charge in [-0.2, -0.15) is 5.10 Å². The van der Waals surface area contributed by atoms with E-state index < -0.39 is 0 Å². The summed E-state index contributed by atoms with van der Waals surface area (Å²) in [6.07, 6.45) is 6.02. The van der Waals surface area contributed by atoms with Gasteiger partial charge in [-0.15, -0.1) is 10.2 Å². The molecular weight excluding hydrogens is 395 g/mol. The molecule has 1 N–H and O–H groups in total. The van der Waals surface area contributed by atoms with E-state index in [1.807, 2.05) is 24.3 Å². The predicted molar refractivity (Wildman–Crippen MR) is 114 cm³/mol. The van der Waals surface area contributed by atoms with Gasteiger partial charge in [0, 0.05) is 30.4 Å². The van der Waals surface area contributed by atoms with E-state index >= 15 is 0 Å². The van der Waals surface area contributed by atoms with E-state index in [1.165, 1.54) is 23.2 Å². The van der Waals surface area contributed by atoms with Crippen LogP contribution in [0.2, 0.25) is 0 Å². The van der Waals surface area contributed by atoms with Crippen molar-refractivity contribution in [2.24, 2.45) is 0 Å². The summed E-state index contributed by atoms with van der Waals surface area (Å²) in [6.45, 7) is 0.909. The lowest BCUT2D eigenvalue weighted by Gasteiger charge is -2.09. The number of aromatic nitrogens is 5. The zero-order valence-electron chi connectivity index (χ0n) is 16.8. The standard InChI is InChI=1S/C23H21FN6O/c24-17-7-5-9-19(15-17)30-13-11-20(28-30)23(31)25-18-8-4-6-16(14-18)22-27-26-21-10-2-1-3-12-29(21)22/h4-9,11,13-15H,1-3,10,12H2,(H,25,31). The number of carbonyl (C=O) groups excluding carboxylic acids is 1. The predicted octanol–water partition coefficient (Wildman–Crippen LogP) is 4.25. The summed E-state index contributed by atoms with van der Waals surface area (Å²) in [6, 6.07) is 15.2. The smallest absolute Gasteiger partial charge is 0.276 e. The van der Waals surface area contributed by atoms with Crippen molar-refractivity contribution < 1.29 is 9.18 Å². The fourth-order valence-corrected chi connectivity index (χ4v) is 3.84. The Morgan fingerprint density at radius 1 is 1.00 bits per heavy atom. The summed E-state index contributed by atoms with van der Waals surface area (Å²) in [5, 5.41) is 15.9. The molecule has 0 fully saturated rings. The van der Waals surface area contributed by atoms with Crippen molar-refractivity contribution in [2.45, 2.75) is 32.2 Å². The van der Waals surface area contributed by atoms with Gasteiger partial charge in [0.25, 0.3) is 5.91 Å². The van der Waals surface area contributed by atoms with Crippen molar-refractivity contribution >= 4 is 11.6 Å². The quantitative estimate of drug-likeness (QED) is 0.540. The van der Waals surface area contributed by atoms with E-state index in [9.17, 15) is 9.18 Å². The number of hydrogen-bond acceptors (Lipinski definition) is 4. The molecule has 31 heavy (non-hydrogen) atoms. The van der Waals surface area contributed by atoms with Crippen molar-refractivity contribution in [2.75, 3.05) is 5.32 Å². The Bertz CT molecular complexity index is 1240. The van der Waals surface area contributed by atoms with Gasteiger partial charge >= 0.3 is 0 Å². The highest BCUT2D eigenvalue weighted by Crippen LogP contribution is 2.25. The number of fused-ring (bicyclic) bond motifs is 1. The Morgan fingerprint density at radius 2 is 1.90 bits per heavy atom. The third-order valence-corrected chi connectivity index (χ3v) is 5.38. The molecule has 2 aromatic heterocycles. The molecule has 2 aromatic carbocycles. The van der Waals surface area contributed by atoms with Gasteiger partial charge in [-0.3, -0.25) is 4.79 Å². The van der Waals surface area contributed by atoms with Crippen LogP contribution in [0.1, 0.15) is 35.6 Å². The number of rotatable bonds is 4. The van der Waals surface area contributed by atoms with Crippen LogP contribution in [0.25, 0.3) is 17.1 Å². The molecule has 156 valence electrons. The Hall–Kier alpha value is -3.81. The van der Waals surface area contributed by atoms with Gasteiger partial charge in [-0.1, -0.05) is 24.6 Å². The first-order valence-electron chi connectivity index (χ1n) is 10.3. The number of halogens is 1. The number of benzene rings is 2. The maximum Gasteiger partial charge on any atom is 0.276 e. The van der Waals surface area contributed by atoms with Crippen LogP contribution in [0.15, 0.2) is 60.8 Å². The van der Waals surface area contributed by atoms with Crippen LogP contribution in [0.4, 0.5) is 10.1 Å². The van der Waals surface area contributed by atoms with Gasteiger partial charge in [-0.25, -0.2) is 9.07 Å². The van der Waals surface area contributed by atoms with Gasteiger partial charge in [0.15, 0.2) is 11.5 Å². The molecular formula is C23H21FN6O. The zero-order chi connectivity index (χ0) is 21.2. The highest BCUT2D eigenvalue weighted by atomic mass is 19.1. The first kappa shape index (κ1) is 19.2. The van der Waals surface area contributed by atoms with Crippen molar-refractivity contribution in [1.82, 2.24) is 24.5 Å². The Kier molecular flexibility index (Phi) is 5.03. The highest BCUT2D eigenvalue weighted by molar-refractivity contribution is 6.03. The molecule has 8 heteroatoms. The molecule has 3 heterocycles. The number of hydrogen-bond donors (Lipinski definition) is 1. The minimum Gasteiger partial charge on any atom is -0.321 e. The molecule has 1 amide bonds. The van der Waals surface area contributed by atoms with Crippen molar-refractivity contribution in [3.63, 3.8) is 0 Å². The third kappa shape index (κ3) is 3.96. The van der Waals surface area contributed by atoms with E-state index in [0.717, 1.165) is 43.0 Å². The van der Waals surface area contributed by atoms with Crippen molar-refractivity contribution in [3.05, 3.63) is 78.1 Å². The molecule has 0 atom stereocenters. The molecule has 0 bridgehead atoms. The minimum absolute atomic E-state index is 0.242. The lowest BCUT2D eigenvalue weighted by Crippen LogP contribution is -2.13. The van der Waals surface area contributed by atoms with E-state index in [4.69, 9.17) is 0 Å². The summed E-state index contributed by atoms with van der Waals surface area (Å²) in [5.41, 5.74) is 2.34. The van der Waals surface area contributed by atoms with Crippen LogP contribution in [0, 0.1) is 5.82 Å². The van der Waals surface area contributed by atoms with E-state index in [-0.39, 0.29) is 17.4 Å². The molecule has 7 nitrogen and oxygen atoms in total. The number of nitrogens with one attached hydrogen (secondary N) is 1. The van der Waals surface area contributed by atoms with E-state index in [0.29, 0.717) is 11.4 Å². The summed E-state index contributed by atoms with van der Waals surface area (Å²) in [5.74, 6) is 1.14. The SMILES string of the molecule is O=C(Nc1cccc(-c2nnc3n2CCCCC3)c1)c1ccn(-c2cccc(F)c2)n1. The van der Waals surface area contributed by atoms with Crippen molar-refractivity contribution in [3.8, 4) is 17.1 Å². The average molecular weight is 416 g/mol. The molecule has 0 saturated heterocycles. The normalized spacial score (nSPS) is 13.5. The molecule has 0 aliphatic carbocycles. The molecule has 0 spiro atoms. The first-order valence-corrected chi connectivity index (χ1v) is 10.3. The second-order valence-electron chi connectivity index (χ2n) is 7.56. The summed E-state index contributed by atoms with van der Waals surface area (Å²) < 4.78 is 17.1. The molecule has 4 aromatic rings. The molecule has 5 rings (SSSR count). The largest absolute Gasteiger partial charge is 0.321 e. The maximum absolute atomic E-state index is 13.5. The third-order valence-electron chi connectivity index (χ3n) is 5.38. The Balaban J connectivity index is 1.36. The summed E-state index contributed by atoms with van der Waals surface area (Å²) in [7, 11) is 0. The van der Waals surface area contributed by atoms with Gasteiger partial charge < -0.3 is 9.88 Å². The fourth-order valence-electron chi connectivity index (χ4n) is 3.84. The fraction of sp³-hybridized carbons (Fsp3) is 0.217. The van der Waals surface area contributed by atoms with Crippen LogP contribution in [0.3, 0.4) is 0 Å². The van der Waals surface area contributed by atoms with Crippen LogP contribution < -0.4 is 5.32 Å². The van der Waals surface area contributed by atoms with Gasteiger partial charge in [0.05, 0.1) is 5.69 Å². The van der Waals surface area contributed by atoms with Gasteiger partial charge in [0.1, 0.15) is 11.6 Å².